The Balaban J connectivity index is 0.000000350. The number of nitrogens with two attached hydrogens (primary N) is 1. The van der Waals surface area contributed by atoms with Gasteiger partial charge in [0.05, 0.1) is 16.1 Å². The van der Waals surface area contributed by atoms with Crippen LogP contribution >= 0.6 is 0 Å². The van der Waals surface area contributed by atoms with Crippen molar-refractivity contribution in [3.63, 3.8) is 0 Å². The normalized spacial score (nSPS) is 27.9. The number of amides is 1. The zero-order valence-electron chi connectivity index (χ0n) is 16.9. The summed E-state index contributed by atoms with van der Waals surface area (Å²) in [5, 5.41) is 0. The topological polar surface area (TPSA) is 43.1 Å². The van der Waals surface area contributed by atoms with Gasteiger partial charge in [-0.3, -0.25) is 4.79 Å². The van der Waals surface area contributed by atoms with Gasteiger partial charge in [0, 0.05) is 0 Å². The molecule has 0 radical (unpaired) electrons. The predicted molar refractivity (Wildman–Crippen MR) is 106 cm³/mol. The van der Waals surface area contributed by atoms with Crippen molar-refractivity contribution < 1.29 is 18.0 Å². The van der Waals surface area contributed by atoms with Gasteiger partial charge in [-0.25, -0.2) is 0 Å². The number of carbonyl (C=O) groups excluding carboxylic acids is 1. The van der Waals surface area contributed by atoms with Crippen LogP contribution in [-0.2, 0) is 4.79 Å². The van der Waals surface area contributed by atoms with Crippen LogP contribution in [0.2, 0.25) is 49.4 Å². The molecule has 150 valence electrons. The Hall–Kier alpha value is -0.306. The van der Waals surface area contributed by atoms with Gasteiger partial charge < -0.3 is 5.73 Å². The molecule has 2 atom stereocenters. The van der Waals surface area contributed by atoms with Crippen LogP contribution in [-0.4, -0.2) is 28.2 Å². The third-order valence-corrected chi connectivity index (χ3v) is 15.6. The van der Waals surface area contributed by atoms with Gasteiger partial charge in [0.2, 0.25) is 0 Å². The van der Waals surface area contributed by atoms with Gasteiger partial charge in [0.1, 0.15) is 0 Å². The molecule has 0 spiro atoms. The maximum Gasteiger partial charge on any atom is 0.470 e. The third kappa shape index (κ3) is 9.82. The average Bonchev–Trinajstić information content (AvgIpc) is 2.46. The number of hydrogen-bond donors (Lipinski definition) is 1. The molecular formula is C18H38F3NOSi2. The van der Waals surface area contributed by atoms with Gasteiger partial charge in [-0.05, 0) is 11.1 Å². The van der Waals surface area contributed by atoms with Crippen LogP contribution in [0, 0.1) is 0 Å². The Labute approximate surface area is 154 Å². The number of carbonyl (C=O) groups is 1. The van der Waals surface area contributed by atoms with Crippen molar-refractivity contribution in [3.8, 4) is 0 Å². The van der Waals surface area contributed by atoms with Crippen LogP contribution in [0.4, 0.5) is 13.2 Å². The lowest BCUT2D eigenvalue weighted by molar-refractivity contribution is -0.169. The summed E-state index contributed by atoms with van der Waals surface area (Å²) in [6.07, 6.45) is 4.20. The van der Waals surface area contributed by atoms with E-state index in [2.05, 4.69) is 45.8 Å². The molecule has 7 heteroatoms. The molecule has 2 heterocycles. The fraction of sp³-hybridized carbons (Fsp3) is 0.944. The zero-order valence-corrected chi connectivity index (χ0v) is 18.9. The maximum atomic E-state index is 10.7. The van der Waals surface area contributed by atoms with E-state index in [0.717, 1.165) is 11.1 Å². The van der Waals surface area contributed by atoms with Gasteiger partial charge in [-0.15, -0.1) is 0 Å². The van der Waals surface area contributed by atoms with Gasteiger partial charge in [0.25, 0.3) is 0 Å². The van der Waals surface area contributed by atoms with Crippen molar-refractivity contribution in [2.45, 2.75) is 108 Å². The highest BCUT2D eigenvalue weighted by Crippen LogP contribution is 2.37. The average molecular weight is 398 g/mol. The van der Waals surface area contributed by atoms with E-state index in [0.29, 0.717) is 0 Å². The smallest absolute Gasteiger partial charge is 0.362 e. The van der Waals surface area contributed by atoms with Crippen molar-refractivity contribution in [2.24, 2.45) is 5.73 Å². The van der Waals surface area contributed by atoms with Gasteiger partial charge in [0.15, 0.2) is 0 Å². The van der Waals surface area contributed by atoms with E-state index in [1.54, 1.807) is 12.1 Å². The zero-order chi connectivity index (χ0) is 19.9. The summed E-state index contributed by atoms with van der Waals surface area (Å²) in [6.45, 7) is 15.1. The first kappa shape index (κ1) is 24.7. The third-order valence-electron chi connectivity index (χ3n) is 6.36. The van der Waals surface area contributed by atoms with Crippen molar-refractivity contribution in [1.29, 1.82) is 0 Å². The molecule has 2 unspecified atom stereocenters. The fourth-order valence-electron chi connectivity index (χ4n) is 3.34. The number of halogens is 3. The predicted octanol–water partition coefficient (Wildman–Crippen LogP) is 6.57. The van der Waals surface area contributed by atoms with Crippen LogP contribution in [0.1, 0.15) is 52.4 Å². The molecular weight excluding hydrogens is 359 g/mol. The standard InChI is InChI=1S/2C8H18Si.C2H2F3NO/c2*1-8-6-4-5-7-9(8,2)3;3-2(4,5)1(6)7/h2*8H,4-7H2,1-3H3;(H2,6,7). The molecule has 2 N–H and O–H groups in total. The van der Waals surface area contributed by atoms with E-state index in [4.69, 9.17) is 4.79 Å². The van der Waals surface area contributed by atoms with Crippen LogP contribution in [0.25, 0.3) is 0 Å². The van der Waals surface area contributed by atoms with E-state index < -0.39 is 28.2 Å². The molecule has 0 aromatic carbocycles. The second-order valence-electron chi connectivity index (χ2n) is 9.13. The summed E-state index contributed by atoms with van der Waals surface area (Å²) in [7, 11) is -1.39. The maximum absolute atomic E-state index is 10.7. The molecule has 0 bridgehead atoms. The Morgan fingerprint density at radius 1 is 0.840 bits per heavy atom. The molecule has 0 aromatic rings. The molecule has 0 aromatic heterocycles. The van der Waals surface area contributed by atoms with Gasteiger partial charge >= 0.3 is 12.1 Å². The monoisotopic (exact) mass is 397 g/mol. The van der Waals surface area contributed by atoms with E-state index in [1.807, 2.05) is 0 Å². The molecule has 2 fully saturated rings. The highest BCUT2D eigenvalue weighted by molar-refractivity contribution is 6.79. The molecule has 2 rings (SSSR count). The molecule has 2 aliphatic heterocycles. The molecule has 2 aliphatic rings. The minimum Gasteiger partial charge on any atom is -0.362 e. The Morgan fingerprint density at radius 2 is 1.12 bits per heavy atom. The van der Waals surface area contributed by atoms with Crippen LogP contribution in [0.3, 0.4) is 0 Å². The summed E-state index contributed by atoms with van der Waals surface area (Å²) in [4.78, 5) is 9.12. The van der Waals surface area contributed by atoms with Gasteiger partial charge in [-0.1, -0.05) is 90.6 Å². The number of alkyl halides is 3. The first-order valence-electron chi connectivity index (χ1n) is 9.57. The molecule has 0 saturated carbocycles. The molecule has 25 heavy (non-hydrogen) atoms. The number of rotatable bonds is 0. The first-order chi connectivity index (χ1) is 11.2. The van der Waals surface area contributed by atoms with E-state index in [9.17, 15) is 13.2 Å². The number of primary amides is 1. The Bertz CT molecular complexity index is 386. The summed E-state index contributed by atoms with van der Waals surface area (Å²) in [6, 6.07) is 3.16. The lowest BCUT2D eigenvalue weighted by atomic mass is 10.2. The number of hydrogen-bond acceptors (Lipinski definition) is 1. The summed E-state index contributed by atoms with van der Waals surface area (Å²) in [5.41, 5.74) is 5.98. The van der Waals surface area contributed by atoms with Crippen molar-refractivity contribution in [3.05, 3.63) is 0 Å². The second-order valence-corrected chi connectivity index (χ2v) is 20.1. The molecule has 2 saturated heterocycles. The summed E-state index contributed by atoms with van der Waals surface area (Å²) in [5.74, 6) is -2.26. The minimum absolute atomic E-state index is 0.694. The largest absolute Gasteiger partial charge is 0.470 e. The summed E-state index contributed by atoms with van der Waals surface area (Å²) >= 11 is 0. The lowest BCUT2D eigenvalue weighted by Crippen LogP contribution is -2.33. The SMILES string of the molecule is CC1CCCC[Si]1(C)C.CC1CCCC[Si]1(C)C.NC(=O)C(F)(F)F. The van der Waals surface area contributed by atoms with E-state index in [-0.39, 0.29) is 0 Å². The fourth-order valence-corrected chi connectivity index (χ4v) is 8.62. The summed E-state index contributed by atoms with van der Waals surface area (Å²) < 4.78 is 32.1. The quantitative estimate of drug-likeness (QED) is 0.461. The molecule has 1 amide bonds. The lowest BCUT2D eigenvalue weighted by Gasteiger charge is -2.34. The van der Waals surface area contributed by atoms with Crippen molar-refractivity contribution in [1.82, 2.24) is 0 Å². The van der Waals surface area contributed by atoms with Crippen LogP contribution in [0.5, 0.6) is 0 Å². The minimum atomic E-state index is -4.86. The molecule has 2 nitrogen and oxygen atoms in total. The molecule has 0 aliphatic carbocycles. The van der Waals surface area contributed by atoms with Crippen LogP contribution in [0.15, 0.2) is 0 Å². The van der Waals surface area contributed by atoms with E-state index >= 15 is 0 Å². The van der Waals surface area contributed by atoms with Crippen LogP contribution < -0.4 is 5.73 Å². The second kappa shape index (κ2) is 10.1. The van der Waals surface area contributed by atoms with Crippen molar-refractivity contribution in [2.75, 3.05) is 0 Å². The van der Waals surface area contributed by atoms with E-state index in [1.165, 1.54) is 38.5 Å². The Morgan fingerprint density at radius 3 is 1.24 bits per heavy atom. The van der Waals surface area contributed by atoms with Crippen molar-refractivity contribution >= 4 is 22.1 Å². The Kier molecular flexibility index (Phi) is 10.0. The first-order valence-corrected chi connectivity index (χ1v) is 16.1. The van der Waals surface area contributed by atoms with Gasteiger partial charge in [-0.2, -0.15) is 13.2 Å². The highest BCUT2D eigenvalue weighted by atomic mass is 28.3. The highest BCUT2D eigenvalue weighted by Gasteiger charge is 2.35.